The molecule has 1 aliphatic heterocycles. The van der Waals surface area contributed by atoms with Crippen LogP contribution in [0.3, 0.4) is 0 Å². The first-order valence-corrected chi connectivity index (χ1v) is 8.66. The summed E-state index contributed by atoms with van der Waals surface area (Å²) in [6.45, 7) is 1.63. The van der Waals surface area contributed by atoms with Crippen molar-refractivity contribution in [2.45, 2.75) is 18.2 Å². The Kier molecular flexibility index (Phi) is 3.84. The van der Waals surface area contributed by atoms with E-state index in [4.69, 9.17) is 0 Å². The molecule has 0 N–H and O–H groups in total. The second-order valence-electron chi connectivity index (χ2n) is 5.48. The minimum Gasteiger partial charge on any atom is -0.295 e. The van der Waals surface area contributed by atoms with Crippen molar-refractivity contribution in [1.82, 2.24) is 0 Å². The van der Waals surface area contributed by atoms with Crippen molar-refractivity contribution in [1.29, 1.82) is 0 Å². The third-order valence-electron chi connectivity index (χ3n) is 3.98. The summed E-state index contributed by atoms with van der Waals surface area (Å²) in [6.07, 6.45) is 0.498. The molecular formula is C16H14N2O5S. The van der Waals surface area contributed by atoms with Gasteiger partial charge in [0.15, 0.2) is 5.78 Å². The third-order valence-corrected chi connectivity index (χ3v) is 5.81. The lowest BCUT2D eigenvalue weighted by molar-refractivity contribution is -0.384. The van der Waals surface area contributed by atoms with Crippen LogP contribution in [0.1, 0.15) is 22.8 Å². The lowest BCUT2D eigenvalue weighted by Gasteiger charge is -2.19. The number of sulfonamides is 1. The van der Waals surface area contributed by atoms with Crippen LogP contribution in [0.15, 0.2) is 47.4 Å². The van der Waals surface area contributed by atoms with Crippen LogP contribution in [0, 0.1) is 10.1 Å². The molecule has 0 saturated carbocycles. The van der Waals surface area contributed by atoms with Crippen LogP contribution in [-0.2, 0) is 16.4 Å². The predicted molar refractivity (Wildman–Crippen MR) is 87.8 cm³/mol. The summed E-state index contributed by atoms with van der Waals surface area (Å²) in [4.78, 5) is 21.7. The van der Waals surface area contributed by atoms with Crippen LogP contribution < -0.4 is 4.31 Å². The number of nitro groups is 1. The maximum Gasteiger partial charge on any atom is 0.271 e. The van der Waals surface area contributed by atoms with Crippen molar-refractivity contribution in [3.63, 3.8) is 0 Å². The molecule has 124 valence electrons. The van der Waals surface area contributed by atoms with Crippen molar-refractivity contribution >= 4 is 27.2 Å². The Hall–Kier alpha value is -2.74. The number of hydrogen-bond acceptors (Lipinski definition) is 5. The summed E-state index contributed by atoms with van der Waals surface area (Å²) >= 11 is 0. The molecule has 3 rings (SSSR count). The van der Waals surface area contributed by atoms with E-state index in [0.717, 1.165) is 5.56 Å². The molecule has 0 atom stereocenters. The van der Waals surface area contributed by atoms with E-state index in [9.17, 15) is 23.3 Å². The zero-order valence-electron chi connectivity index (χ0n) is 12.8. The Morgan fingerprint density at radius 2 is 1.83 bits per heavy atom. The highest BCUT2D eigenvalue weighted by atomic mass is 32.2. The fourth-order valence-electron chi connectivity index (χ4n) is 2.69. The van der Waals surface area contributed by atoms with Gasteiger partial charge < -0.3 is 0 Å². The van der Waals surface area contributed by atoms with E-state index in [1.165, 1.54) is 47.6 Å². The zero-order chi connectivity index (χ0) is 17.5. The van der Waals surface area contributed by atoms with Gasteiger partial charge in [0.2, 0.25) is 0 Å². The van der Waals surface area contributed by atoms with Crippen molar-refractivity contribution in [2.24, 2.45) is 0 Å². The number of fused-ring (bicyclic) bond motifs is 1. The summed E-state index contributed by atoms with van der Waals surface area (Å²) in [5.74, 6) is -0.152. The predicted octanol–water partition coefficient (Wildman–Crippen LogP) is 2.55. The van der Waals surface area contributed by atoms with Crippen molar-refractivity contribution < 1.29 is 18.1 Å². The quantitative estimate of drug-likeness (QED) is 0.481. The minimum absolute atomic E-state index is 0.0480. The van der Waals surface area contributed by atoms with Crippen molar-refractivity contribution in [2.75, 3.05) is 10.8 Å². The van der Waals surface area contributed by atoms with Gasteiger partial charge in [0.1, 0.15) is 0 Å². The number of nitro benzene ring substituents is 1. The number of anilines is 1. The molecule has 0 amide bonds. The molecule has 0 unspecified atom stereocenters. The number of rotatable bonds is 4. The molecule has 0 saturated heterocycles. The fourth-order valence-corrected chi connectivity index (χ4v) is 4.19. The Morgan fingerprint density at radius 3 is 2.42 bits per heavy atom. The minimum atomic E-state index is -3.84. The van der Waals surface area contributed by atoms with Gasteiger partial charge in [-0.05, 0) is 31.0 Å². The van der Waals surface area contributed by atoms with E-state index in [0.29, 0.717) is 17.7 Å². The molecule has 7 nitrogen and oxygen atoms in total. The van der Waals surface area contributed by atoms with Crippen molar-refractivity contribution in [3.8, 4) is 0 Å². The summed E-state index contributed by atoms with van der Waals surface area (Å²) in [5.41, 5.74) is 1.36. The average molecular weight is 346 g/mol. The molecule has 24 heavy (non-hydrogen) atoms. The summed E-state index contributed by atoms with van der Waals surface area (Å²) < 4.78 is 26.8. The first kappa shape index (κ1) is 16.1. The van der Waals surface area contributed by atoms with E-state index in [-0.39, 0.29) is 22.9 Å². The van der Waals surface area contributed by atoms with Gasteiger partial charge in [-0.25, -0.2) is 8.42 Å². The Labute approximate surface area is 138 Å². The molecule has 0 aliphatic carbocycles. The highest BCUT2D eigenvalue weighted by Gasteiger charge is 2.32. The van der Waals surface area contributed by atoms with Gasteiger partial charge in [-0.1, -0.05) is 18.2 Å². The largest absolute Gasteiger partial charge is 0.295 e. The monoisotopic (exact) mass is 346 g/mol. The van der Waals surface area contributed by atoms with Gasteiger partial charge in [0, 0.05) is 24.2 Å². The van der Waals surface area contributed by atoms with Gasteiger partial charge in [0.05, 0.1) is 15.5 Å². The molecule has 0 bridgehead atoms. The number of benzene rings is 2. The van der Waals surface area contributed by atoms with E-state index in [1.54, 1.807) is 6.07 Å². The van der Waals surface area contributed by atoms with Crippen LogP contribution in [0.25, 0.3) is 0 Å². The number of ketones is 1. The topological polar surface area (TPSA) is 97.6 Å². The number of carbonyl (C=O) groups is 1. The number of hydrogen-bond donors (Lipinski definition) is 0. The SMILES string of the molecule is CC(=O)c1ccc(S(=O)(=O)N2CCc3ccc([N+](=O)[O-])cc32)cc1. The standard InChI is InChI=1S/C16H14N2O5S/c1-11(19)12-3-6-15(7-4-12)24(22,23)17-9-8-13-2-5-14(18(20)21)10-16(13)17/h2-7,10H,8-9H2,1H3. The molecule has 0 radical (unpaired) electrons. The number of carbonyl (C=O) groups excluding carboxylic acids is 1. The fraction of sp³-hybridized carbons (Fsp3) is 0.188. The highest BCUT2D eigenvalue weighted by Crippen LogP contribution is 2.35. The van der Waals surface area contributed by atoms with Crippen LogP contribution in [-0.4, -0.2) is 25.7 Å². The van der Waals surface area contributed by atoms with Gasteiger partial charge >= 0.3 is 0 Å². The lowest BCUT2D eigenvalue weighted by atomic mass is 10.1. The maximum atomic E-state index is 12.8. The zero-order valence-corrected chi connectivity index (χ0v) is 13.6. The maximum absolute atomic E-state index is 12.8. The lowest BCUT2D eigenvalue weighted by Crippen LogP contribution is -2.29. The normalized spacial score (nSPS) is 13.6. The summed E-state index contributed by atoms with van der Waals surface area (Å²) in [6, 6.07) is 9.91. The van der Waals surface area contributed by atoms with Crippen LogP contribution in [0.4, 0.5) is 11.4 Å². The second-order valence-corrected chi connectivity index (χ2v) is 7.34. The molecule has 2 aromatic rings. The van der Waals surface area contributed by atoms with Gasteiger partial charge in [0.25, 0.3) is 15.7 Å². The van der Waals surface area contributed by atoms with E-state index < -0.39 is 14.9 Å². The van der Waals surface area contributed by atoms with E-state index in [2.05, 4.69) is 0 Å². The first-order valence-electron chi connectivity index (χ1n) is 7.22. The van der Waals surface area contributed by atoms with Gasteiger partial charge in [-0.2, -0.15) is 0 Å². The highest BCUT2D eigenvalue weighted by molar-refractivity contribution is 7.92. The van der Waals surface area contributed by atoms with Crippen LogP contribution in [0.5, 0.6) is 0 Å². The molecule has 2 aromatic carbocycles. The number of Topliss-reactive ketones (excluding diaryl/α,β-unsaturated/α-hetero) is 1. The molecule has 0 spiro atoms. The number of nitrogens with zero attached hydrogens (tertiary/aromatic N) is 2. The molecule has 0 aromatic heterocycles. The Balaban J connectivity index is 2.02. The first-order chi connectivity index (χ1) is 11.3. The molecule has 8 heteroatoms. The second kappa shape index (κ2) is 5.72. The van der Waals surface area contributed by atoms with Crippen LogP contribution in [0.2, 0.25) is 0 Å². The van der Waals surface area contributed by atoms with Crippen molar-refractivity contribution in [3.05, 3.63) is 63.7 Å². The molecular weight excluding hydrogens is 332 g/mol. The molecule has 1 heterocycles. The van der Waals surface area contributed by atoms with E-state index in [1.807, 2.05) is 0 Å². The Morgan fingerprint density at radius 1 is 1.17 bits per heavy atom. The average Bonchev–Trinajstić information content (AvgIpc) is 2.98. The smallest absolute Gasteiger partial charge is 0.271 e. The third kappa shape index (κ3) is 2.65. The summed E-state index contributed by atoms with van der Waals surface area (Å²) in [7, 11) is -3.84. The van der Waals surface area contributed by atoms with Gasteiger partial charge in [-0.15, -0.1) is 0 Å². The number of non-ortho nitro benzene ring substituents is 1. The van der Waals surface area contributed by atoms with E-state index >= 15 is 0 Å². The summed E-state index contributed by atoms with van der Waals surface area (Å²) in [5, 5.41) is 10.9. The molecule has 0 fully saturated rings. The van der Waals surface area contributed by atoms with Crippen LogP contribution >= 0.6 is 0 Å². The Bertz CT molecular complexity index is 935. The van der Waals surface area contributed by atoms with Gasteiger partial charge in [-0.3, -0.25) is 19.2 Å². The molecule has 1 aliphatic rings.